The molecule has 1 aliphatic carbocycles. The maximum absolute atomic E-state index is 11.2. The number of hydrogen-bond acceptors (Lipinski definition) is 4. The maximum Gasteiger partial charge on any atom is 0.160 e. The summed E-state index contributed by atoms with van der Waals surface area (Å²) in [5, 5.41) is 0. The predicted octanol–water partition coefficient (Wildman–Crippen LogP) is 1.72. The van der Waals surface area contributed by atoms with E-state index in [1.54, 1.807) is 0 Å². The van der Waals surface area contributed by atoms with E-state index in [9.17, 15) is 8.76 Å². The summed E-state index contributed by atoms with van der Waals surface area (Å²) in [7, 11) is 1.51. The Morgan fingerprint density at radius 2 is 2.33 bits per heavy atom. The van der Waals surface area contributed by atoms with Gasteiger partial charge >= 0.3 is 0 Å². The van der Waals surface area contributed by atoms with Crippen molar-refractivity contribution in [2.45, 2.75) is 18.9 Å². The monoisotopic (exact) mass is 268 g/mol. The van der Waals surface area contributed by atoms with E-state index in [4.69, 9.17) is 9.47 Å². The van der Waals surface area contributed by atoms with Crippen molar-refractivity contribution < 1.29 is 18.2 Å². The molecule has 1 aliphatic heterocycles. The molecule has 0 aromatic carbocycles. The van der Waals surface area contributed by atoms with Gasteiger partial charge < -0.3 is 14.0 Å². The highest BCUT2D eigenvalue weighted by Gasteiger charge is 2.27. The van der Waals surface area contributed by atoms with Crippen LogP contribution in [0, 0.1) is 0 Å². The first-order valence-electron chi connectivity index (χ1n) is 5.55. The van der Waals surface area contributed by atoms with Gasteiger partial charge in [0.2, 0.25) is 0 Å². The number of ether oxygens (including phenoxy) is 2. The largest absolute Gasteiger partial charge is 0.760 e. The molecule has 0 bridgehead atoms. The van der Waals surface area contributed by atoms with E-state index in [1.165, 1.54) is 30.1 Å². The minimum Gasteiger partial charge on any atom is -0.760 e. The average molecular weight is 268 g/mol. The molecule has 2 rings (SSSR count). The van der Waals surface area contributed by atoms with Crippen LogP contribution in [0.15, 0.2) is 48.3 Å². The van der Waals surface area contributed by atoms with Gasteiger partial charge in [0.15, 0.2) is 5.76 Å². The van der Waals surface area contributed by atoms with E-state index in [1.807, 2.05) is 18.2 Å². The summed E-state index contributed by atoms with van der Waals surface area (Å²) < 4.78 is 33.9. The van der Waals surface area contributed by atoms with Gasteiger partial charge in [0.05, 0.1) is 0 Å². The van der Waals surface area contributed by atoms with Gasteiger partial charge in [-0.05, 0) is 25.5 Å². The van der Waals surface area contributed by atoms with Crippen molar-refractivity contribution in [3.63, 3.8) is 0 Å². The minimum absolute atomic E-state index is 0.460. The van der Waals surface area contributed by atoms with Crippen LogP contribution in [0.2, 0.25) is 0 Å². The van der Waals surface area contributed by atoms with E-state index in [0.717, 1.165) is 18.4 Å². The first kappa shape index (κ1) is 13.1. The SMILES string of the molecule is CN(C(C1=CC=CCC1)C1=COC=CO1)S(=O)[O-]. The lowest BCUT2D eigenvalue weighted by Crippen LogP contribution is -2.37. The van der Waals surface area contributed by atoms with E-state index in [-0.39, 0.29) is 0 Å². The van der Waals surface area contributed by atoms with E-state index in [0.29, 0.717) is 5.76 Å². The summed E-state index contributed by atoms with van der Waals surface area (Å²) >= 11 is -2.33. The summed E-state index contributed by atoms with van der Waals surface area (Å²) in [4.78, 5) is 0. The van der Waals surface area contributed by atoms with Gasteiger partial charge in [0.1, 0.15) is 24.8 Å². The average Bonchev–Trinajstić information content (AvgIpc) is 2.41. The highest BCUT2D eigenvalue weighted by Crippen LogP contribution is 2.27. The van der Waals surface area contributed by atoms with Crippen molar-refractivity contribution in [3.05, 3.63) is 48.3 Å². The standard InChI is InChI=1S/C12H15NO4S/c1-13(18(14)15)12(10-5-3-2-4-6-10)11-9-16-7-8-17-11/h2-3,5,7-9,12H,4,6H2,1H3,(H,14,15)/p-1. The highest BCUT2D eigenvalue weighted by atomic mass is 32.2. The molecule has 0 saturated heterocycles. The molecule has 0 N–H and O–H groups in total. The van der Waals surface area contributed by atoms with Crippen LogP contribution in [-0.4, -0.2) is 26.2 Å². The van der Waals surface area contributed by atoms with Crippen LogP contribution >= 0.6 is 0 Å². The maximum atomic E-state index is 11.2. The highest BCUT2D eigenvalue weighted by molar-refractivity contribution is 7.76. The lowest BCUT2D eigenvalue weighted by Gasteiger charge is -2.32. The molecule has 0 radical (unpaired) electrons. The summed E-state index contributed by atoms with van der Waals surface area (Å²) in [6, 6.07) is -0.460. The molecular weight excluding hydrogens is 254 g/mol. The third-order valence-corrected chi connectivity index (χ3v) is 3.47. The molecule has 0 amide bonds. The van der Waals surface area contributed by atoms with E-state index < -0.39 is 17.3 Å². The molecule has 98 valence electrons. The van der Waals surface area contributed by atoms with E-state index in [2.05, 4.69) is 0 Å². The summed E-state index contributed by atoms with van der Waals surface area (Å²) in [5.41, 5.74) is 0.981. The Kier molecular flexibility index (Phi) is 4.35. The Morgan fingerprint density at radius 1 is 1.50 bits per heavy atom. The van der Waals surface area contributed by atoms with Crippen molar-refractivity contribution in [2.24, 2.45) is 0 Å². The molecule has 0 aromatic heterocycles. The van der Waals surface area contributed by atoms with Gasteiger partial charge in [-0.15, -0.1) is 0 Å². The van der Waals surface area contributed by atoms with Crippen molar-refractivity contribution in [3.8, 4) is 0 Å². The zero-order chi connectivity index (χ0) is 13.0. The van der Waals surface area contributed by atoms with E-state index >= 15 is 0 Å². The van der Waals surface area contributed by atoms with Crippen LogP contribution in [0.1, 0.15) is 12.8 Å². The molecule has 0 aromatic rings. The Morgan fingerprint density at radius 3 is 2.89 bits per heavy atom. The van der Waals surface area contributed by atoms with Crippen molar-refractivity contribution in [1.29, 1.82) is 0 Å². The first-order valence-corrected chi connectivity index (χ1v) is 6.58. The molecule has 2 atom stereocenters. The summed E-state index contributed by atoms with van der Waals surface area (Å²) in [6.45, 7) is 0. The van der Waals surface area contributed by atoms with Crippen molar-refractivity contribution >= 4 is 11.3 Å². The molecule has 0 saturated carbocycles. The normalized spacial score (nSPS) is 21.7. The lowest BCUT2D eigenvalue weighted by molar-refractivity contribution is 0.214. The summed E-state index contributed by atoms with van der Waals surface area (Å²) in [5.74, 6) is 0.464. The molecule has 1 heterocycles. The Bertz CT molecular complexity index is 453. The van der Waals surface area contributed by atoms with Crippen LogP contribution in [0.5, 0.6) is 0 Å². The van der Waals surface area contributed by atoms with Crippen LogP contribution in [0.3, 0.4) is 0 Å². The Hall–Kier alpha value is -1.37. The predicted molar refractivity (Wildman–Crippen MR) is 66.3 cm³/mol. The smallest absolute Gasteiger partial charge is 0.160 e. The first-order chi connectivity index (χ1) is 8.70. The molecule has 5 nitrogen and oxygen atoms in total. The zero-order valence-corrected chi connectivity index (χ0v) is 10.8. The number of nitrogens with zero attached hydrogens (tertiary/aromatic N) is 1. The molecular formula is C12H14NO4S-. The molecule has 18 heavy (non-hydrogen) atoms. The van der Waals surface area contributed by atoms with Crippen LogP contribution in [0.4, 0.5) is 0 Å². The number of likely N-dealkylation sites (N-methyl/N-ethyl adjacent to an activating group) is 1. The molecule has 0 spiro atoms. The Balaban J connectivity index is 2.27. The number of hydrogen-bond donors (Lipinski definition) is 0. The molecule has 2 unspecified atom stereocenters. The molecule has 2 aliphatic rings. The second kappa shape index (κ2) is 5.99. The fraction of sp³-hybridized carbons (Fsp3) is 0.333. The quantitative estimate of drug-likeness (QED) is 0.728. The third kappa shape index (κ3) is 2.90. The third-order valence-electron chi connectivity index (χ3n) is 2.79. The fourth-order valence-corrected chi connectivity index (χ4v) is 2.34. The second-order valence-electron chi connectivity index (χ2n) is 3.92. The fourth-order valence-electron chi connectivity index (χ4n) is 1.93. The number of allylic oxidation sites excluding steroid dienone is 3. The van der Waals surface area contributed by atoms with Gasteiger partial charge in [-0.1, -0.05) is 18.2 Å². The summed E-state index contributed by atoms with van der Waals surface area (Å²) in [6.07, 6.45) is 11.8. The van der Waals surface area contributed by atoms with Crippen molar-refractivity contribution in [2.75, 3.05) is 7.05 Å². The molecule has 6 heteroatoms. The van der Waals surface area contributed by atoms with Crippen LogP contribution in [0.25, 0.3) is 0 Å². The zero-order valence-electron chi connectivity index (χ0n) is 9.94. The van der Waals surface area contributed by atoms with Gasteiger partial charge in [0.25, 0.3) is 0 Å². The van der Waals surface area contributed by atoms with Gasteiger partial charge in [-0.3, -0.25) is 4.21 Å². The number of rotatable bonds is 4. The van der Waals surface area contributed by atoms with Gasteiger partial charge in [0, 0.05) is 11.3 Å². The lowest BCUT2D eigenvalue weighted by atomic mass is 9.96. The van der Waals surface area contributed by atoms with Crippen molar-refractivity contribution in [1.82, 2.24) is 4.31 Å². The van der Waals surface area contributed by atoms with Crippen LogP contribution < -0.4 is 0 Å². The van der Waals surface area contributed by atoms with Crippen LogP contribution in [-0.2, 0) is 20.7 Å². The Labute approximate surface area is 108 Å². The molecule has 0 fully saturated rings. The van der Waals surface area contributed by atoms with Gasteiger partial charge in [-0.25, -0.2) is 4.31 Å². The van der Waals surface area contributed by atoms with Gasteiger partial charge in [-0.2, -0.15) is 0 Å². The minimum atomic E-state index is -2.33. The second-order valence-corrected chi connectivity index (χ2v) is 4.93. The topological polar surface area (TPSA) is 61.8 Å².